The number of aliphatic imine (C=N–C) groups is 1. The molecule has 31 heavy (non-hydrogen) atoms. The number of guanidine groups is 1. The van der Waals surface area contributed by atoms with E-state index in [1.807, 2.05) is 12.1 Å². The zero-order valence-corrected chi connectivity index (χ0v) is 17.5. The van der Waals surface area contributed by atoms with Gasteiger partial charge in [0.15, 0.2) is 5.96 Å². The van der Waals surface area contributed by atoms with Crippen LogP contribution in [0.25, 0.3) is 22.9 Å². The van der Waals surface area contributed by atoms with Crippen LogP contribution < -0.4 is 11.1 Å². The summed E-state index contributed by atoms with van der Waals surface area (Å²) in [7, 11) is 0. The van der Waals surface area contributed by atoms with Gasteiger partial charge in [0.05, 0.1) is 5.69 Å². The maximum Gasteiger partial charge on any atom is 0.198 e. The molecule has 0 amide bonds. The number of hydrogen-bond acceptors (Lipinski definition) is 1. The SMILES string of the molecule is C[C@H](Cc1ccccc1)c1cccc(NC(N)=Nc2ccc3c4c(cccc24)C=C3)c1. The minimum absolute atomic E-state index is 0.388. The van der Waals surface area contributed by atoms with Gasteiger partial charge in [-0.05, 0) is 58.2 Å². The number of nitrogens with zero attached hydrogens (tertiary/aromatic N) is 1. The van der Waals surface area contributed by atoms with Gasteiger partial charge < -0.3 is 11.1 Å². The third kappa shape index (κ3) is 3.95. The predicted octanol–water partition coefficient (Wildman–Crippen LogP) is 6.73. The lowest BCUT2D eigenvalue weighted by Gasteiger charge is -2.14. The largest absolute Gasteiger partial charge is 0.369 e. The van der Waals surface area contributed by atoms with E-state index < -0.39 is 0 Å². The molecule has 1 aliphatic rings. The molecule has 0 aromatic heterocycles. The monoisotopic (exact) mass is 403 g/mol. The molecule has 3 heteroatoms. The van der Waals surface area contributed by atoms with Crippen LogP contribution in [0.5, 0.6) is 0 Å². The molecule has 1 aliphatic carbocycles. The van der Waals surface area contributed by atoms with Crippen LogP contribution >= 0.6 is 0 Å². The van der Waals surface area contributed by atoms with Crippen LogP contribution in [0.1, 0.15) is 35.1 Å². The quantitative estimate of drug-likeness (QED) is 0.252. The summed E-state index contributed by atoms with van der Waals surface area (Å²) in [4.78, 5) is 4.69. The zero-order chi connectivity index (χ0) is 21.2. The Labute approximate surface area is 183 Å². The van der Waals surface area contributed by atoms with Gasteiger partial charge >= 0.3 is 0 Å². The number of benzene rings is 4. The van der Waals surface area contributed by atoms with Crippen molar-refractivity contribution in [2.45, 2.75) is 19.3 Å². The molecule has 0 spiro atoms. The highest BCUT2D eigenvalue weighted by Gasteiger charge is 2.12. The topological polar surface area (TPSA) is 50.4 Å². The van der Waals surface area contributed by atoms with Crippen molar-refractivity contribution in [3.63, 3.8) is 0 Å². The molecule has 3 N–H and O–H groups in total. The molecule has 0 fully saturated rings. The number of nitrogens with two attached hydrogens (primary N) is 1. The normalized spacial score (nSPS) is 13.5. The van der Waals surface area contributed by atoms with Crippen molar-refractivity contribution in [3.8, 4) is 0 Å². The van der Waals surface area contributed by atoms with Gasteiger partial charge in [-0.15, -0.1) is 0 Å². The molecular weight excluding hydrogens is 378 g/mol. The molecular formula is C28H25N3. The molecule has 0 aliphatic heterocycles. The molecule has 152 valence electrons. The first-order valence-electron chi connectivity index (χ1n) is 10.7. The van der Waals surface area contributed by atoms with Crippen LogP contribution in [-0.2, 0) is 6.42 Å². The van der Waals surface area contributed by atoms with Crippen LogP contribution in [0.4, 0.5) is 11.4 Å². The van der Waals surface area contributed by atoms with E-state index in [0.29, 0.717) is 11.9 Å². The lowest BCUT2D eigenvalue weighted by Crippen LogP contribution is -2.22. The van der Waals surface area contributed by atoms with Crippen molar-refractivity contribution in [2.75, 3.05) is 5.32 Å². The molecule has 4 aromatic rings. The van der Waals surface area contributed by atoms with Gasteiger partial charge in [-0.25, -0.2) is 4.99 Å². The summed E-state index contributed by atoms with van der Waals surface area (Å²) < 4.78 is 0. The molecule has 0 heterocycles. The molecule has 0 unspecified atom stereocenters. The Morgan fingerprint density at radius 1 is 0.871 bits per heavy atom. The highest BCUT2D eigenvalue weighted by Crippen LogP contribution is 2.36. The summed E-state index contributed by atoms with van der Waals surface area (Å²) in [6.45, 7) is 2.25. The minimum atomic E-state index is 0.388. The first-order chi connectivity index (χ1) is 15.2. The van der Waals surface area contributed by atoms with E-state index in [2.05, 4.69) is 97.2 Å². The second-order valence-corrected chi connectivity index (χ2v) is 8.12. The molecule has 1 atom stereocenters. The summed E-state index contributed by atoms with van der Waals surface area (Å²) in [5.74, 6) is 0.797. The minimum Gasteiger partial charge on any atom is -0.369 e. The average Bonchev–Trinajstić information content (AvgIpc) is 3.21. The van der Waals surface area contributed by atoms with Crippen molar-refractivity contribution >= 4 is 40.3 Å². The van der Waals surface area contributed by atoms with Crippen LogP contribution in [-0.4, -0.2) is 5.96 Å². The van der Waals surface area contributed by atoms with Crippen molar-refractivity contribution in [1.82, 2.24) is 0 Å². The van der Waals surface area contributed by atoms with Gasteiger partial charge in [-0.1, -0.05) is 85.8 Å². The predicted molar refractivity (Wildman–Crippen MR) is 133 cm³/mol. The maximum absolute atomic E-state index is 6.29. The van der Waals surface area contributed by atoms with E-state index in [-0.39, 0.29) is 0 Å². The standard InChI is InChI=1S/C28H25N3/c1-19(17-20-7-3-2-4-8-20)23-10-5-11-24(18-23)30-28(29)31-26-16-15-22-14-13-21-9-6-12-25(26)27(21)22/h2-16,18-19H,17H2,1H3,(H3,29,30,31)/t19-/m1/s1. The highest BCUT2D eigenvalue weighted by atomic mass is 15.1. The average molecular weight is 404 g/mol. The van der Waals surface area contributed by atoms with E-state index in [0.717, 1.165) is 23.2 Å². The number of nitrogens with one attached hydrogen (secondary N) is 1. The Morgan fingerprint density at radius 3 is 2.48 bits per heavy atom. The molecule has 0 saturated heterocycles. The zero-order valence-electron chi connectivity index (χ0n) is 17.5. The summed E-state index contributed by atoms with van der Waals surface area (Å²) in [6.07, 6.45) is 5.30. The Balaban J connectivity index is 1.37. The summed E-state index contributed by atoms with van der Waals surface area (Å²) >= 11 is 0. The third-order valence-corrected chi connectivity index (χ3v) is 5.88. The van der Waals surface area contributed by atoms with Crippen LogP contribution in [0, 0.1) is 0 Å². The first kappa shape index (κ1) is 19.1. The van der Waals surface area contributed by atoms with Gasteiger partial charge in [-0.3, -0.25) is 0 Å². The summed E-state index contributed by atoms with van der Waals surface area (Å²) in [6, 6.07) is 29.5. The molecule has 0 bridgehead atoms. The van der Waals surface area contributed by atoms with E-state index in [4.69, 9.17) is 10.7 Å². The Bertz CT molecular complexity index is 1290. The van der Waals surface area contributed by atoms with Crippen molar-refractivity contribution in [3.05, 3.63) is 107 Å². The lowest BCUT2D eigenvalue weighted by atomic mass is 9.93. The van der Waals surface area contributed by atoms with Crippen LogP contribution in [0.3, 0.4) is 0 Å². The van der Waals surface area contributed by atoms with Gasteiger partial charge in [0.1, 0.15) is 0 Å². The first-order valence-corrected chi connectivity index (χ1v) is 10.7. The van der Waals surface area contributed by atoms with E-state index in [1.165, 1.54) is 27.6 Å². The van der Waals surface area contributed by atoms with E-state index in [9.17, 15) is 0 Å². The Morgan fingerprint density at radius 2 is 1.65 bits per heavy atom. The fourth-order valence-electron chi connectivity index (χ4n) is 4.32. The van der Waals surface area contributed by atoms with Gasteiger partial charge in [0, 0.05) is 11.1 Å². The fraction of sp³-hybridized carbons (Fsp3) is 0.107. The molecule has 4 aromatic carbocycles. The van der Waals surface area contributed by atoms with E-state index in [1.54, 1.807) is 0 Å². The molecule has 0 radical (unpaired) electrons. The second kappa shape index (κ2) is 8.11. The lowest BCUT2D eigenvalue weighted by molar-refractivity contribution is 0.759. The summed E-state index contributed by atoms with van der Waals surface area (Å²) in [5, 5.41) is 5.64. The second-order valence-electron chi connectivity index (χ2n) is 8.12. The van der Waals surface area contributed by atoms with Crippen molar-refractivity contribution in [2.24, 2.45) is 10.7 Å². The highest BCUT2D eigenvalue weighted by molar-refractivity contribution is 6.09. The fourth-order valence-corrected chi connectivity index (χ4v) is 4.32. The number of anilines is 1. The van der Waals surface area contributed by atoms with Gasteiger partial charge in [0.25, 0.3) is 0 Å². The Kier molecular flexibility index (Phi) is 5.01. The van der Waals surface area contributed by atoms with Gasteiger partial charge in [-0.2, -0.15) is 0 Å². The smallest absolute Gasteiger partial charge is 0.198 e. The molecule has 0 saturated carbocycles. The third-order valence-electron chi connectivity index (χ3n) is 5.88. The van der Waals surface area contributed by atoms with Crippen LogP contribution in [0.15, 0.2) is 89.9 Å². The van der Waals surface area contributed by atoms with Crippen molar-refractivity contribution in [1.29, 1.82) is 0 Å². The van der Waals surface area contributed by atoms with E-state index >= 15 is 0 Å². The van der Waals surface area contributed by atoms with Gasteiger partial charge in [0.2, 0.25) is 0 Å². The number of rotatable bonds is 5. The number of hydrogen-bond donors (Lipinski definition) is 2. The maximum atomic E-state index is 6.29. The van der Waals surface area contributed by atoms with Crippen LogP contribution in [0.2, 0.25) is 0 Å². The summed E-state index contributed by atoms with van der Waals surface area (Å²) in [5.41, 5.74) is 13.2. The molecule has 5 rings (SSSR count). The van der Waals surface area contributed by atoms with Crippen molar-refractivity contribution < 1.29 is 0 Å². The molecule has 3 nitrogen and oxygen atoms in total. The Hall–Kier alpha value is -3.85.